The van der Waals surface area contributed by atoms with Crippen molar-refractivity contribution in [3.05, 3.63) is 0 Å². The molecule has 0 aromatic carbocycles. The SMILES string of the molecule is CC1CC(N)CCN1C(C)C1CC1. The zero-order valence-corrected chi connectivity index (χ0v) is 8.87. The number of hydrogen-bond donors (Lipinski definition) is 1. The van der Waals surface area contributed by atoms with E-state index in [1.807, 2.05) is 0 Å². The van der Waals surface area contributed by atoms with E-state index in [4.69, 9.17) is 5.73 Å². The Hall–Kier alpha value is -0.0800. The maximum absolute atomic E-state index is 5.95. The highest BCUT2D eigenvalue weighted by Gasteiger charge is 2.35. The van der Waals surface area contributed by atoms with Gasteiger partial charge < -0.3 is 5.73 Å². The summed E-state index contributed by atoms with van der Waals surface area (Å²) in [6, 6.07) is 1.97. The van der Waals surface area contributed by atoms with Gasteiger partial charge in [0.25, 0.3) is 0 Å². The van der Waals surface area contributed by atoms with Crippen molar-refractivity contribution in [2.75, 3.05) is 6.54 Å². The van der Waals surface area contributed by atoms with Crippen LogP contribution in [0.25, 0.3) is 0 Å². The van der Waals surface area contributed by atoms with Crippen LogP contribution in [-0.4, -0.2) is 29.6 Å². The summed E-state index contributed by atoms with van der Waals surface area (Å²) in [5, 5.41) is 0. The lowest BCUT2D eigenvalue weighted by molar-refractivity contribution is 0.0930. The van der Waals surface area contributed by atoms with E-state index in [1.54, 1.807) is 0 Å². The molecule has 2 N–H and O–H groups in total. The first-order valence-electron chi connectivity index (χ1n) is 5.70. The van der Waals surface area contributed by atoms with Gasteiger partial charge in [0.15, 0.2) is 0 Å². The molecule has 13 heavy (non-hydrogen) atoms. The van der Waals surface area contributed by atoms with Crippen LogP contribution in [-0.2, 0) is 0 Å². The molecule has 1 aliphatic heterocycles. The minimum absolute atomic E-state index is 0.456. The van der Waals surface area contributed by atoms with Crippen LogP contribution in [0.2, 0.25) is 0 Å². The van der Waals surface area contributed by atoms with Gasteiger partial charge in [-0.25, -0.2) is 0 Å². The molecule has 2 heteroatoms. The van der Waals surface area contributed by atoms with Crippen molar-refractivity contribution in [1.82, 2.24) is 4.90 Å². The number of piperidine rings is 1. The summed E-state index contributed by atoms with van der Waals surface area (Å²) < 4.78 is 0. The van der Waals surface area contributed by atoms with Gasteiger partial charge in [0.05, 0.1) is 0 Å². The monoisotopic (exact) mass is 182 g/mol. The summed E-state index contributed by atoms with van der Waals surface area (Å²) in [6.45, 7) is 5.95. The number of nitrogens with zero attached hydrogens (tertiary/aromatic N) is 1. The minimum Gasteiger partial charge on any atom is -0.328 e. The maximum atomic E-state index is 5.95. The van der Waals surface area contributed by atoms with Crippen LogP contribution in [0.3, 0.4) is 0 Å². The van der Waals surface area contributed by atoms with E-state index in [-0.39, 0.29) is 0 Å². The Morgan fingerprint density at radius 3 is 2.54 bits per heavy atom. The van der Waals surface area contributed by atoms with Crippen LogP contribution < -0.4 is 5.73 Å². The van der Waals surface area contributed by atoms with Crippen molar-refractivity contribution >= 4 is 0 Å². The number of nitrogens with two attached hydrogens (primary N) is 1. The van der Waals surface area contributed by atoms with Crippen molar-refractivity contribution in [2.45, 2.75) is 57.7 Å². The highest BCUT2D eigenvalue weighted by Crippen LogP contribution is 2.37. The van der Waals surface area contributed by atoms with E-state index < -0.39 is 0 Å². The molecule has 0 radical (unpaired) electrons. The Morgan fingerprint density at radius 2 is 2.00 bits per heavy atom. The topological polar surface area (TPSA) is 29.3 Å². The van der Waals surface area contributed by atoms with Gasteiger partial charge in [0.1, 0.15) is 0 Å². The molecule has 1 aliphatic carbocycles. The number of hydrogen-bond acceptors (Lipinski definition) is 2. The van der Waals surface area contributed by atoms with Crippen molar-refractivity contribution in [1.29, 1.82) is 0 Å². The molecule has 0 aromatic heterocycles. The summed E-state index contributed by atoms with van der Waals surface area (Å²) >= 11 is 0. The lowest BCUT2D eigenvalue weighted by Crippen LogP contribution is -2.49. The Labute approximate surface area is 81.5 Å². The van der Waals surface area contributed by atoms with Gasteiger partial charge in [0.2, 0.25) is 0 Å². The van der Waals surface area contributed by atoms with Crippen LogP contribution in [0.4, 0.5) is 0 Å². The van der Waals surface area contributed by atoms with Crippen LogP contribution in [0.1, 0.15) is 39.5 Å². The first-order valence-corrected chi connectivity index (χ1v) is 5.70. The van der Waals surface area contributed by atoms with Crippen molar-refractivity contribution in [3.63, 3.8) is 0 Å². The summed E-state index contributed by atoms with van der Waals surface area (Å²) in [5.74, 6) is 0.997. The van der Waals surface area contributed by atoms with Crippen LogP contribution in [0, 0.1) is 5.92 Å². The molecular weight excluding hydrogens is 160 g/mol. The van der Waals surface area contributed by atoms with E-state index in [0.29, 0.717) is 12.1 Å². The summed E-state index contributed by atoms with van der Waals surface area (Å²) in [5.41, 5.74) is 5.95. The Kier molecular flexibility index (Phi) is 2.61. The Morgan fingerprint density at radius 1 is 1.31 bits per heavy atom. The minimum atomic E-state index is 0.456. The van der Waals surface area contributed by atoms with E-state index in [9.17, 15) is 0 Å². The van der Waals surface area contributed by atoms with Gasteiger partial charge in [-0.05, 0) is 45.4 Å². The normalized spacial score (nSPS) is 39.0. The molecule has 3 unspecified atom stereocenters. The summed E-state index contributed by atoms with van der Waals surface area (Å²) in [7, 11) is 0. The number of likely N-dealkylation sites (tertiary alicyclic amines) is 1. The fourth-order valence-corrected chi connectivity index (χ4v) is 2.68. The molecule has 0 amide bonds. The molecule has 2 nitrogen and oxygen atoms in total. The van der Waals surface area contributed by atoms with Gasteiger partial charge in [-0.3, -0.25) is 4.90 Å². The van der Waals surface area contributed by atoms with Gasteiger partial charge in [-0.15, -0.1) is 0 Å². The second-order valence-electron chi connectivity index (χ2n) is 4.95. The predicted octanol–water partition coefficient (Wildman–Crippen LogP) is 1.60. The van der Waals surface area contributed by atoms with Crippen molar-refractivity contribution in [2.24, 2.45) is 11.7 Å². The third kappa shape index (κ3) is 2.05. The van der Waals surface area contributed by atoms with Crippen LogP contribution >= 0.6 is 0 Å². The first-order chi connectivity index (χ1) is 6.18. The molecule has 2 fully saturated rings. The van der Waals surface area contributed by atoms with Gasteiger partial charge >= 0.3 is 0 Å². The Bertz CT molecular complexity index is 177. The molecule has 1 heterocycles. The zero-order valence-electron chi connectivity index (χ0n) is 8.87. The van der Waals surface area contributed by atoms with Gasteiger partial charge in [0, 0.05) is 24.7 Å². The second-order valence-corrected chi connectivity index (χ2v) is 4.95. The highest BCUT2D eigenvalue weighted by atomic mass is 15.2. The second kappa shape index (κ2) is 3.58. The molecule has 3 atom stereocenters. The van der Waals surface area contributed by atoms with Crippen molar-refractivity contribution < 1.29 is 0 Å². The predicted molar refractivity (Wildman–Crippen MR) is 55.6 cm³/mol. The summed E-state index contributed by atoms with van der Waals surface area (Å²) in [6.07, 6.45) is 5.30. The lowest BCUT2D eigenvalue weighted by atomic mass is 9.96. The standard InChI is InChI=1S/C11H22N2/c1-8-7-11(12)5-6-13(8)9(2)10-3-4-10/h8-11H,3-7,12H2,1-2H3. The fraction of sp³-hybridized carbons (Fsp3) is 1.00. The molecule has 76 valence electrons. The first kappa shape index (κ1) is 9.47. The smallest absolute Gasteiger partial charge is 0.00980 e. The lowest BCUT2D eigenvalue weighted by Gasteiger charge is -2.40. The average molecular weight is 182 g/mol. The average Bonchev–Trinajstić information content (AvgIpc) is 2.85. The Balaban J connectivity index is 1.90. The molecular formula is C11H22N2. The molecule has 1 saturated carbocycles. The molecule has 0 bridgehead atoms. The largest absolute Gasteiger partial charge is 0.328 e. The highest BCUT2D eigenvalue weighted by molar-refractivity contribution is 4.90. The van der Waals surface area contributed by atoms with E-state index >= 15 is 0 Å². The number of rotatable bonds is 2. The van der Waals surface area contributed by atoms with E-state index in [2.05, 4.69) is 18.7 Å². The van der Waals surface area contributed by atoms with Gasteiger partial charge in [-0.2, -0.15) is 0 Å². The molecule has 0 aromatic rings. The maximum Gasteiger partial charge on any atom is 0.00980 e. The fourth-order valence-electron chi connectivity index (χ4n) is 2.68. The molecule has 0 spiro atoms. The van der Waals surface area contributed by atoms with Gasteiger partial charge in [-0.1, -0.05) is 0 Å². The molecule has 2 rings (SSSR count). The zero-order chi connectivity index (χ0) is 9.42. The van der Waals surface area contributed by atoms with E-state index in [0.717, 1.165) is 12.0 Å². The van der Waals surface area contributed by atoms with E-state index in [1.165, 1.54) is 32.2 Å². The molecule has 2 aliphatic rings. The molecule has 1 saturated heterocycles. The van der Waals surface area contributed by atoms with Crippen LogP contribution in [0.5, 0.6) is 0 Å². The third-order valence-electron chi connectivity index (χ3n) is 3.80. The summed E-state index contributed by atoms with van der Waals surface area (Å²) in [4.78, 5) is 2.67. The third-order valence-corrected chi connectivity index (χ3v) is 3.80. The quantitative estimate of drug-likeness (QED) is 0.703. The van der Waals surface area contributed by atoms with Crippen LogP contribution in [0.15, 0.2) is 0 Å². The van der Waals surface area contributed by atoms with Crippen molar-refractivity contribution in [3.8, 4) is 0 Å².